The van der Waals surface area contributed by atoms with E-state index in [1.807, 2.05) is 0 Å². The second kappa shape index (κ2) is 8.57. The van der Waals surface area contributed by atoms with E-state index in [1.165, 1.54) is 12.4 Å². The fraction of sp³-hybridized carbons (Fsp3) is 0.188. The molecule has 2 aromatic rings. The molecule has 0 atom stereocenters. The summed E-state index contributed by atoms with van der Waals surface area (Å²) < 4.78 is 63.3. The monoisotopic (exact) mass is 434 g/mol. The molecule has 0 bridgehead atoms. The number of rotatable bonds is 6. The van der Waals surface area contributed by atoms with Crippen LogP contribution in [0.2, 0.25) is 5.02 Å². The van der Waals surface area contributed by atoms with Gasteiger partial charge >= 0.3 is 6.18 Å². The van der Waals surface area contributed by atoms with Crippen molar-refractivity contribution in [2.24, 2.45) is 5.10 Å². The first-order valence-electron chi connectivity index (χ1n) is 7.55. The Balaban J connectivity index is 2.23. The predicted molar refractivity (Wildman–Crippen MR) is 98.6 cm³/mol. The maximum Gasteiger partial charge on any atom is 0.416 e. The Hall–Kier alpha value is -2.66. The molecule has 12 heteroatoms. The molecule has 150 valence electrons. The smallest absolute Gasteiger partial charge is 0.271 e. The third-order valence-corrected chi connectivity index (χ3v) is 4.76. The van der Waals surface area contributed by atoms with Crippen LogP contribution in [-0.2, 0) is 21.0 Å². The van der Waals surface area contributed by atoms with E-state index in [9.17, 15) is 26.4 Å². The maximum atomic E-state index is 12.9. The largest absolute Gasteiger partial charge is 0.416 e. The third-order valence-electron chi connectivity index (χ3n) is 3.32. The minimum atomic E-state index is -4.71. The van der Waals surface area contributed by atoms with Crippen LogP contribution in [0.3, 0.4) is 0 Å². The van der Waals surface area contributed by atoms with Crippen LogP contribution >= 0.6 is 11.6 Å². The first-order valence-corrected chi connectivity index (χ1v) is 9.77. The number of carbonyl (C=O) groups excluding carboxylic acids is 1. The zero-order chi connectivity index (χ0) is 20.9. The third kappa shape index (κ3) is 5.92. The second-order valence-electron chi connectivity index (χ2n) is 5.51. The van der Waals surface area contributed by atoms with E-state index >= 15 is 0 Å². The molecule has 0 aliphatic heterocycles. The molecule has 1 N–H and O–H groups in total. The minimum absolute atomic E-state index is 0.259. The van der Waals surface area contributed by atoms with E-state index < -0.39 is 39.9 Å². The van der Waals surface area contributed by atoms with Crippen molar-refractivity contribution in [1.29, 1.82) is 0 Å². The zero-order valence-corrected chi connectivity index (χ0v) is 15.9. The molecule has 0 spiro atoms. The van der Waals surface area contributed by atoms with Gasteiger partial charge in [0.2, 0.25) is 10.0 Å². The van der Waals surface area contributed by atoms with Gasteiger partial charge in [-0.1, -0.05) is 17.7 Å². The van der Waals surface area contributed by atoms with Crippen LogP contribution in [0.1, 0.15) is 11.1 Å². The summed E-state index contributed by atoms with van der Waals surface area (Å²) in [7, 11) is -4.12. The number of sulfonamides is 1. The number of nitrogens with one attached hydrogen (secondary N) is 1. The van der Waals surface area contributed by atoms with E-state index in [0.29, 0.717) is 22.0 Å². The van der Waals surface area contributed by atoms with Crippen molar-refractivity contribution in [2.45, 2.75) is 6.18 Å². The van der Waals surface area contributed by atoms with Crippen LogP contribution in [0, 0.1) is 0 Å². The highest BCUT2D eigenvalue weighted by molar-refractivity contribution is 7.92. The number of aromatic nitrogens is 1. The van der Waals surface area contributed by atoms with Crippen LogP contribution in [0.4, 0.5) is 18.9 Å². The average molecular weight is 435 g/mol. The standard InChI is InChI=1S/C16H14ClF3N4O3S/c1-28(26,27)24(14-7-12(16(18,19)20)4-5-13(14)17)10-15(25)23-22-9-11-3-2-6-21-8-11/h2-9H,10H2,1H3,(H,23,25)/b22-9-. The fourth-order valence-electron chi connectivity index (χ4n) is 2.06. The Kier molecular flexibility index (Phi) is 6.62. The van der Waals surface area contributed by atoms with Crippen LogP contribution in [0.25, 0.3) is 0 Å². The molecule has 2 rings (SSSR count). The highest BCUT2D eigenvalue weighted by atomic mass is 35.5. The van der Waals surface area contributed by atoms with Gasteiger partial charge in [0.25, 0.3) is 5.91 Å². The summed E-state index contributed by atoms with van der Waals surface area (Å²) >= 11 is 5.87. The molecule has 1 amide bonds. The number of alkyl halides is 3. The van der Waals surface area contributed by atoms with Gasteiger partial charge < -0.3 is 0 Å². The Morgan fingerprint density at radius 3 is 2.64 bits per heavy atom. The van der Waals surface area contributed by atoms with E-state index in [1.54, 1.807) is 18.3 Å². The molecule has 0 saturated heterocycles. The molecule has 7 nitrogen and oxygen atoms in total. The van der Waals surface area contributed by atoms with Gasteiger partial charge in [-0.2, -0.15) is 18.3 Å². The number of benzene rings is 1. The lowest BCUT2D eigenvalue weighted by Crippen LogP contribution is -2.39. The summed E-state index contributed by atoms with van der Waals surface area (Å²) in [4.78, 5) is 15.9. The zero-order valence-electron chi connectivity index (χ0n) is 14.3. The minimum Gasteiger partial charge on any atom is -0.271 e. The summed E-state index contributed by atoms with van der Waals surface area (Å²) in [6.07, 6.45) is 0.321. The van der Waals surface area contributed by atoms with E-state index in [0.717, 1.165) is 12.3 Å². The van der Waals surface area contributed by atoms with Crippen molar-refractivity contribution in [3.63, 3.8) is 0 Å². The van der Waals surface area contributed by atoms with Gasteiger partial charge in [0.15, 0.2) is 0 Å². The van der Waals surface area contributed by atoms with Crippen molar-refractivity contribution >= 4 is 39.4 Å². The van der Waals surface area contributed by atoms with Crippen molar-refractivity contribution in [3.05, 3.63) is 58.9 Å². The van der Waals surface area contributed by atoms with Crippen LogP contribution < -0.4 is 9.73 Å². The van der Waals surface area contributed by atoms with Gasteiger partial charge in [0.1, 0.15) is 6.54 Å². The molecule has 28 heavy (non-hydrogen) atoms. The van der Waals surface area contributed by atoms with Gasteiger partial charge in [0.05, 0.1) is 28.7 Å². The van der Waals surface area contributed by atoms with Crippen molar-refractivity contribution < 1.29 is 26.4 Å². The number of pyridine rings is 1. The molecule has 0 fully saturated rings. The highest BCUT2D eigenvalue weighted by Gasteiger charge is 2.33. The Bertz CT molecular complexity index is 982. The highest BCUT2D eigenvalue weighted by Crippen LogP contribution is 2.36. The molecular formula is C16H14ClF3N4O3S. The molecule has 1 heterocycles. The summed E-state index contributed by atoms with van der Waals surface area (Å²) in [6.45, 7) is -0.815. The van der Waals surface area contributed by atoms with Crippen molar-refractivity contribution in [3.8, 4) is 0 Å². The fourth-order valence-corrected chi connectivity index (χ4v) is 3.19. The Morgan fingerprint density at radius 2 is 2.07 bits per heavy atom. The number of anilines is 1. The van der Waals surface area contributed by atoms with Crippen LogP contribution in [0.15, 0.2) is 47.8 Å². The van der Waals surface area contributed by atoms with E-state index in [4.69, 9.17) is 11.6 Å². The normalized spacial score (nSPS) is 12.2. The first kappa shape index (κ1) is 21.6. The summed E-state index contributed by atoms with van der Waals surface area (Å²) in [5.41, 5.74) is 1.10. The van der Waals surface area contributed by atoms with Crippen LogP contribution in [-0.4, -0.2) is 38.3 Å². The Labute approximate surface area is 163 Å². The quantitative estimate of drug-likeness (QED) is 0.559. The molecular weight excluding hydrogens is 421 g/mol. The Morgan fingerprint density at radius 1 is 1.36 bits per heavy atom. The number of hydrogen-bond donors (Lipinski definition) is 1. The topological polar surface area (TPSA) is 91.7 Å². The number of hydrazone groups is 1. The average Bonchev–Trinajstić information content (AvgIpc) is 2.59. The number of carbonyl (C=O) groups is 1. The second-order valence-corrected chi connectivity index (χ2v) is 7.83. The first-order chi connectivity index (χ1) is 13.0. The van der Waals surface area contributed by atoms with Crippen molar-refractivity contribution in [1.82, 2.24) is 10.4 Å². The lowest BCUT2D eigenvalue weighted by molar-refractivity contribution is -0.137. The van der Waals surface area contributed by atoms with Gasteiger partial charge in [0, 0.05) is 18.0 Å². The van der Waals surface area contributed by atoms with Crippen molar-refractivity contribution in [2.75, 3.05) is 17.1 Å². The molecule has 0 unspecified atom stereocenters. The molecule has 1 aromatic heterocycles. The summed E-state index contributed by atoms with van der Waals surface area (Å²) in [6, 6.07) is 5.49. The predicted octanol–water partition coefficient (Wildman–Crippen LogP) is 2.67. The number of hydrogen-bond acceptors (Lipinski definition) is 5. The van der Waals surface area contributed by atoms with Gasteiger partial charge in [-0.25, -0.2) is 13.8 Å². The molecule has 0 aliphatic rings. The molecule has 1 aromatic carbocycles. The van der Waals surface area contributed by atoms with Gasteiger partial charge in [-0.3, -0.25) is 14.1 Å². The lowest BCUT2D eigenvalue weighted by atomic mass is 10.2. The van der Waals surface area contributed by atoms with E-state index in [-0.39, 0.29) is 5.02 Å². The maximum absolute atomic E-state index is 12.9. The van der Waals surface area contributed by atoms with Gasteiger partial charge in [-0.05, 0) is 24.3 Å². The number of amides is 1. The molecule has 0 aliphatic carbocycles. The number of nitrogens with zero attached hydrogens (tertiary/aromatic N) is 3. The molecule has 0 radical (unpaired) electrons. The van der Waals surface area contributed by atoms with E-state index in [2.05, 4.69) is 15.5 Å². The SMILES string of the molecule is CS(=O)(=O)N(CC(=O)N/N=C\c1cccnc1)c1cc(C(F)(F)F)ccc1Cl. The lowest BCUT2D eigenvalue weighted by Gasteiger charge is -2.23. The summed E-state index contributed by atoms with van der Waals surface area (Å²) in [5, 5.41) is 3.39. The van der Waals surface area contributed by atoms with Gasteiger partial charge in [-0.15, -0.1) is 0 Å². The number of halogens is 4. The van der Waals surface area contributed by atoms with Crippen LogP contribution in [0.5, 0.6) is 0 Å². The summed E-state index contributed by atoms with van der Waals surface area (Å²) in [5.74, 6) is -0.876. The molecule has 0 saturated carbocycles.